The minimum absolute atomic E-state index is 0.0467. The van der Waals surface area contributed by atoms with Crippen LogP contribution in [0.15, 0.2) is 0 Å². The summed E-state index contributed by atoms with van der Waals surface area (Å²) in [5.41, 5.74) is -0.339. The maximum Gasteiger partial charge on any atom is 0.306 e. The standard InChI is InChI=1S/C19H38O2/c1-5-6-7-8-9-10-11-12-13-14-15-16-17-18(20)21-19(2,3)4/h5-17H2,1-4H3. The number of hydrogen-bond donors (Lipinski definition) is 0. The van der Waals surface area contributed by atoms with E-state index in [9.17, 15) is 4.79 Å². The lowest BCUT2D eigenvalue weighted by Crippen LogP contribution is -2.23. The predicted octanol–water partition coefficient (Wildman–Crippen LogP) is 6.42. The summed E-state index contributed by atoms with van der Waals surface area (Å²) in [5.74, 6) is -0.0467. The smallest absolute Gasteiger partial charge is 0.306 e. The predicted molar refractivity (Wildman–Crippen MR) is 91.5 cm³/mol. The molecule has 0 atom stereocenters. The van der Waals surface area contributed by atoms with Crippen molar-refractivity contribution in [3.63, 3.8) is 0 Å². The Morgan fingerprint density at radius 2 is 1.10 bits per heavy atom. The second-order valence-electron chi connectivity index (χ2n) is 7.23. The summed E-state index contributed by atoms with van der Waals surface area (Å²) >= 11 is 0. The molecule has 2 nitrogen and oxygen atoms in total. The molecular formula is C19H38O2. The Kier molecular flexibility index (Phi) is 12.8. The summed E-state index contributed by atoms with van der Waals surface area (Å²) in [5, 5.41) is 0. The lowest BCUT2D eigenvalue weighted by molar-refractivity contribution is -0.154. The molecule has 0 aliphatic carbocycles. The molecule has 0 fully saturated rings. The van der Waals surface area contributed by atoms with Gasteiger partial charge in [0.2, 0.25) is 0 Å². The van der Waals surface area contributed by atoms with Gasteiger partial charge in [-0.15, -0.1) is 0 Å². The first-order valence-electron chi connectivity index (χ1n) is 9.17. The molecule has 0 aromatic heterocycles. The van der Waals surface area contributed by atoms with Crippen LogP contribution in [0.1, 0.15) is 111 Å². The van der Waals surface area contributed by atoms with Crippen molar-refractivity contribution < 1.29 is 9.53 Å². The van der Waals surface area contributed by atoms with E-state index >= 15 is 0 Å². The van der Waals surface area contributed by atoms with Crippen LogP contribution in [0.2, 0.25) is 0 Å². The number of carbonyl (C=O) groups is 1. The number of carbonyl (C=O) groups excluding carboxylic acids is 1. The highest BCUT2D eigenvalue weighted by molar-refractivity contribution is 5.69. The maximum atomic E-state index is 11.5. The van der Waals surface area contributed by atoms with Crippen molar-refractivity contribution in [1.29, 1.82) is 0 Å². The van der Waals surface area contributed by atoms with Gasteiger partial charge in [0.1, 0.15) is 5.60 Å². The zero-order valence-electron chi connectivity index (χ0n) is 15.0. The van der Waals surface area contributed by atoms with Gasteiger partial charge in [0.25, 0.3) is 0 Å². The van der Waals surface area contributed by atoms with Gasteiger partial charge in [-0.3, -0.25) is 4.79 Å². The summed E-state index contributed by atoms with van der Waals surface area (Å²) in [6.45, 7) is 8.04. The topological polar surface area (TPSA) is 26.3 Å². The normalized spacial score (nSPS) is 11.6. The summed E-state index contributed by atoms with van der Waals surface area (Å²) in [4.78, 5) is 11.5. The number of esters is 1. The lowest BCUT2D eigenvalue weighted by atomic mass is 10.0. The summed E-state index contributed by atoms with van der Waals surface area (Å²) in [6, 6.07) is 0. The van der Waals surface area contributed by atoms with Crippen LogP contribution in [-0.2, 0) is 9.53 Å². The average Bonchev–Trinajstić information content (AvgIpc) is 2.38. The molecule has 0 aromatic rings. The first-order chi connectivity index (χ1) is 9.95. The Morgan fingerprint density at radius 1 is 0.714 bits per heavy atom. The summed E-state index contributed by atoms with van der Waals surface area (Å²) in [6.07, 6.45) is 16.4. The van der Waals surface area contributed by atoms with Crippen LogP contribution < -0.4 is 0 Å². The number of rotatable bonds is 13. The molecule has 0 aliphatic rings. The van der Waals surface area contributed by atoms with E-state index in [1.165, 1.54) is 64.2 Å². The van der Waals surface area contributed by atoms with Gasteiger partial charge in [-0.25, -0.2) is 0 Å². The Morgan fingerprint density at radius 3 is 1.48 bits per heavy atom. The zero-order valence-corrected chi connectivity index (χ0v) is 15.0. The molecule has 0 aromatic carbocycles. The van der Waals surface area contributed by atoms with Crippen molar-refractivity contribution in [2.45, 2.75) is 117 Å². The highest BCUT2D eigenvalue weighted by Gasteiger charge is 2.15. The van der Waals surface area contributed by atoms with Crippen LogP contribution in [0.3, 0.4) is 0 Å². The summed E-state index contributed by atoms with van der Waals surface area (Å²) < 4.78 is 5.30. The van der Waals surface area contributed by atoms with E-state index in [4.69, 9.17) is 4.74 Å². The first-order valence-corrected chi connectivity index (χ1v) is 9.17. The van der Waals surface area contributed by atoms with Crippen molar-refractivity contribution in [3.8, 4) is 0 Å². The van der Waals surface area contributed by atoms with Crippen LogP contribution in [-0.4, -0.2) is 11.6 Å². The number of hydrogen-bond acceptors (Lipinski definition) is 2. The molecule has 0 saturated heterocycles. The van der Waals surface area contributed by atoms with Gasteiger partial charge in [-0.2, -0.15) is 0 Å². The molecule has 0 radical (unpaired) electrons. The minimum atomic E-state index is -0.339. The molecule has 0 amide bonds. The van der Waals surface area contributed by atoms with Crippen molar-refractivity contribution in [3.05, 3.63) is 0 Å². The Balaban J connectivity index is 3.17. The van der Waals surface area contributed by atoms with Crippen LogP contribution in [0.4, 0.5) is 0 Å². The highest BCUT2D eigenvalue weighted by atomic mass is 16.6. The lowest BCUT2D eigenvalue weighted by Gasteiger charge is -2.19. The molecule has 126 valence electrons. The van der Waals surface area contributed by atoms with E-state index in [1.54, 1.807) is 0 Å². The molecule has 0 spiro atoms. The van der Waals surface area contributed by atoms with Gasteiger partial charge < -0.3 is 4.74 Å². The third kappa shape index (κ3) is 17.4. The number of unbranched alkanes of at least 4 members (excludes halogenated alkanes) is 11. The van der Waals surface area contributed by atoms with Gasteiger partial charge >= 0.3 is 5.97 Å². The second kappa shape index (κ2) is 13.2. The minimum Gasteiger partial charge on any atom is -0.460 e. The number of ether oxygens (including phenoxy) is 1. The molecule has 0 N–H and O–H groups in total. The maximum absolute atomic E-state index is 11.5. The van der Waals surface area contributed by atoms with E-state index in [0.29, 0.717) is 6.42 Å². The van der Waals surface area contributed by atoms with E-state index in [-0.39, 0.29) is 11.6 Å². The van der Waals surface area contributed by atoms with E-state index in [1.807, 2.05) is 20.8 Å². The largest absolute Gasteiger partial charge is 0.460 e. The fourth-order valence-electron chi connectivity index (χ4n) is 2.50. The SMILES string of the molecule is CCCCCCCCCCCCCCC(=O)OC(C)(C)C. The van der Waals surface area contributed by atoms with Gasteiger partial charge in [0, 0.05) is 6.42 Å². The molecule has 0 heterocycles. The van der Waals surface area contributed by atoms with Crippen molar-refractivity contribution in [2.24, 2.45) is 0 Å². The van der Waals surface area contributed by atoms with Crippen LogP contribution in [0, 0.1) is 0 Å². The van der Waals surface area contributed by atoms with Crippen molar-refractivity contribution >= 4 is 5.97 Å². The third-order valence-corrected chi connectivity index (χ3v) is 3.65. The Bertz CT molecular complexity index is 240. The van der Waals surface area contributed by atoms with E-state index < -0.39 is 0 Å². The first kappa shape index (κ1) is 20.5. The molecule has 0 unspecified atom stereocenters. The Hall–Kier alpha value is -0.530. The van der Waals surface area contributed by atoms with E-state index in [0.717, 1.165) is 12.8 Å². The third-order valence-electron chi connectivity index (χ3n) is 3.65. The molecular weight excluding hydrogens is 260 g/mol. The molecule has 0 rings (SSSR count). The zero-order chi connectivity index (χ0) is 16.0. The molecule has 21 heavy (non-hydrogen) atoms. The molecule has 2 heteroatoms. The van der Waals surface area contributed by atoms with Gasteiger partial charge in [0.05, 0.1) is 0 Å². The van der Waals surface area contributed by atoms with Crippen LogP contribution in [0.5, 0.6) is 0 Å². The molecule has 0 bridgehead atoms. The van der Waals surface area contributed by atoms with E-state index in [2.05, 4.69) is 6.92 Å². The second-order valence-corrected chi connectivity index (χ2v) is 7.23. The van der Waals surface area contributed by atoms with Crippen LogP contribution in [0.25, 0.3) is 0 Å². The molecule has 0 aliphatic heterocycles. The van der Waals surface area contributed by atoms with Gasteiger partial charge in [-0.05, 0) is 27.2 Å². The Labute approximate surface area is 133 Å². The molecule has 0 saturated carbocycles. The fraction of sp³-hybridized carbons (Fsp3) is 0.947. The van der Waals surface area contributed by atoms with Crippen molar-refractivity contribution in [2.75, 3.05) is 0 Å². The summed E-state index contributed by atoms with van der Waals surface area (Å²) in [7, 11) is 0. The van der Waals surface area contributed by atoms with Crippen LogP contribution >= 0.6 is 0 Å². The van der Waals surface area contributed by atoms with Gasteiger partial charge in [-0.1, -0.05) is 77.6 Å². The fourth-order valence-corrected chi connectivity index (χ4v) is 2.50. The average molecular weight is 299 g/mol. The van der Waals surface area contributed by atoms with Crippen molar-refractivity contribution in [1.82, 2.24) is 0 Å². The van der Waals surface area contributed by atoms with Gasteiger partial charge in [0.15, 0.2) is 0 Å². The quantitative estimate of drug-likeness (QED) is 0.290. The monoisotopic (exact) mass is 298 g/mol. The highest BCUT2D eigenvalue weighted by Crippen LogP contribution is 2.14.